The highest BCUT2D eigenvalue weighted by Gasteiger charge is 2.33. The van der Waals surface area contributed by atoms with Gasteiger partial charge in [-0.15, -0.1) is 0 Å². The maximum Gasteiger partial charge on any atom is 0.318 e. The quantitative estimate of drug-likeness (QED) is 0.801. The molecule has 0 bridgehead atoms. The molecule has 0 aliphatic heterocycles. The predicted octanol–water partition coefficient (Wildman–Crippen LogP) is 3.70. The number of nitrogens with zero attached hydrogens (tertiary/aromatic N) is 3. The third-order valence-corrected chi connectivity index (χ3v) is 5.05. The van der Waals surface area contributed by atoms with Crippen molar-refractivity contribution in [3.63, 3.8) is 0 Å². The molecule has 0 atom stereocenters. The van der Waals surface area contributed by atoms with E-state index in [4.69, 9.17) is 0 Å². The van der Waals surface area contributed by atoms with Gasteiger partial charge >= 0.3 is 6.03 Å². The van der Waals surface area contributed by atoms with Crippen molar-refractivity contribution in [1.82, 2.24) is 20.0 Å². The van der Waals surface area contributed by atoms with Crippen molar-refractivity contribution in [2.75, 3.05) is 0 Å². The predicted molar refractivity (Wildman–Crippen MR) is 99.1 cm³/mol. The molecule has 7 heteroatoms. The second-order valence-electron chi connectivity index (χ2n) is 6.96. The molecule has 0 unspecified atom stereocenters. The zero-order chi connectivity index (χ0) is 19.6. The smallest absolute Gasteiger partial charge is 0.318 e. The van der Waals surface area contributed by atoms with Crippen molar-refractivity contribution in [2.45, 2.75) is 58.7 Å². The Morgan fingerprint density at radius 3 is 2.63 bits per heavy atom. The fourth-order valence-electron chi connectivity index (χ4n) is 3.45. The number of carbonyl (C=O) groups excluding carboxylic acids is 1. The number of hydrogen-bond donors (Lipinski definition) is 1. The van der Waals surface area contributed by atoms with Gasteiger partial charge in [-0.3, -0.25) is 4.68 Å². The van der Waals surface area contributed by atoms with Gasteiger partial charge in [0.1, 0.15) is 11.6 Å². The van der Waals surface area contributed by atoms with Crippen LogP contribution in [-0.2, 0) is 33.0 Å². The Balaban J connectivity index is 1.72. The first-order valence-corrected chi connectivity index (χ1v) is 9.46. The monoisotopic (exact) mass is 376 g/mol. The number of aryl methyl sites for hydroxylation is 2. The molecule has 27 heavy (non-hydrogen) atoms. The second-order valence-corrected chi connectivity index (χ2v) is 6.96. The first-order chi connectivity index (χ1) is 12.9. The second kappa shape index (κ2) is 8.06. The molecular weight excluding hydrogens is 350 g/mol. The zero-order valence-corrected chi connectivity index (χ0v) is 16.1. The number of hydrogen-bond acceptors (Lipinski definition) is 2. The first kappa shape index (κ1) is 19.3. The lowest BCUT2D eigenvalue weighted by Crippen LogP contribution is -2.41. The molecule has 1 aliphatic carbocycles. The van der Waals surface area contributed by atoms with Crippen LogP contribution < -0.4 is 5.32 Å². The topological polar surface area (TPSA) is 50.2 Å². The summed E-state index contributed by atoms with van der Waals surface area (Å²) in [5.41, 5.74) is 3.47. The van der Waals surface area contributed by atoms with Crippen LogP contribution in [0.25, 0.3) is 0 Å². The zero-order valence-electron chi connectivity index (χ0n) is 16.1. The Labute approximate surface area is 158 Å². The minimum Gasteiger partial charge on any atom is -0.334 e. The Morgan fingerprint density at radius 1 is 1.30 bits per heavy atom. The van der Waals surface area contributed by atoms with Crippen LogP contribution in [0.5, 0.6) is 0 Å². The van der Waals surface area contributed by atoms with Crippen molar-refractivity contribution in [3.8, 4) is 0 Å². The van der Waals surface area contributed by atoms with E-state index in [-0.39, 0.29) is 18.6 Å². The highest BCUT2D eigenvalue weighted by molar-refractivity contribution is 5.75. The molecule has 1 fully saturated rings. The molecule has 0 saturated heterocycles. The van der Waals surface area contributed by atoms with Gasteiger partial charge in [0.25, 0.3) is 0 Å². The van der Waals surface area contributed by atoms with Gasteiger partial charge in [-0.2, -0.15) is 5.10 Å². The summed E-state index contributed by atoms with van der Waals surface area (Å²) < 4.78 is 29.0. The number of rotatable bonds is 7. The fraction of sp³-hybridized carbons (Fsp3) is 0.500. The van der Waals surface area contributed by atoms with Gasteiger partial charge in [-0.25, -0.2) is 13.6 Å². The molecule has 0 spiro atoms. The number of nitrogens with one attached hydrogen (secondary N) is 1. The maximum absolute atomic E-state index is 14.0. The molecule has 2 aromatic rings. The van der Waals surface area contributed by atoms with Crippen LogP contribution in [0.3, 0.4) is 0 Å². The van der Waals surface area contributed by atoms with Gasteiger partial charge in [0.05, 0.1) is 12.2 Å². The molecule has 1 aromatic heterocycles. The van der Waals surface area contributed by atoms with E-state index in [9.17, 15) is 13.6 Å². The molecule has 1 saturated carbocycles. The third-order valence-electron chi connectivity index (χ3n) is 5.05. The van der Waals surface area contributed by atoms with Gasteiger partial charge < -0.3 is 10.2 Å². The SMILES string of the molecule is CCc1nn(C)c(CC)c1CNC(=O)N(Cc1ccc(F)cc1F)C1CC1. The first-order valence-electron chi connectivity index (χ1n) is 9.46. The third kappa shape index (κ3) is 4.28. The normalized spacial score (nSPS) is 13.7. The molecular formula is C20H26F2N4O. The Kier molecular flexibility index (Phi) is 5.77. The number of halogens is 2. The summed E-state index contributed by atoms with van der Waals surface area (Å²) in [6, 6.07) is 3.36. The minimum absolute atomic E-state index is 0.111. The summed E-state index contributed by atoms with van der Waals surface area (Å²) in [5.74, 6) is -1.24. The summed E-state index contributed by atoms with van der Waals surface area (Å²) in [4.78, 5) is 14.4. The lowest BCUT2D eigenvalue weighted by Gasteiger charge is -2.23. The van der Waals surface area contributed by atoms with Crippen LogP contribution in [0.15, 0.2) is 18.2 Å². The van der Waals surface area contributed by atoms with Crippen LogP contribution in [-0.4, -0.2) is 26.8 Å². The molecule has 1 heterocycles. The van der Waals surface area contributed by atoms with Crippen LogP contribution >= 0.6 is 0 Å². The summed E-state index contributed by atoms with van der Waals surface area (Å²) in [6.07, 6.45) is 3.45. The minimum atomic E-state index is -0.623. The van der Waals surface area contributed by atoms with Gasteiger partial charge in [0.2, 0.25) is 0 Å². The van der Waals surface area contributed by atoms with Crippen molar-refractivity contribution in [2.24, 2.45) is 7.05 Å². The summed E-state index contributed by atoms with van der Waals surface area (Å²) >= 11 is 0. The van der Waals surface area contributed by atoms with E-state index in [2.05, 4.69) is 17.3 Å². The van der Waals surface area contributed by atoms with Crippen molar-refractivity contribution >= 4 is 6.03 Å². The van der Waals surface area contributed by atoms with Gasteiger partial charge in [0, 0.05) is 42.5 Å². The van der Waals surface area contributed by atoms with Crippen LogP contribution in [0.2, 0.25) is 0 Å². The van der Waals surface area contributed by atoms with Gasteiger partial charge in [0.15, 0.2) is 0 Å². The highest BCUT2D eigenvalue weighted by Crippen LogP contribution is 2.29. The van der Waals surface area contributed by atoms with Crippen molar-refractivity contribution < 1.29 is 13.6 Å². The maximum atomic E-state index is 14.0. The Hall–Kier alpha value is -2.44. The lowest BCUT2D eigenvalue weighted by atomic mass is 10.1. The average molecular weight is 376 g/mol. The van der Waals surface area contributed by atoms with E-state index in [1.807, 2.05) is 18.7 Å². The standard InChI is InChI=1S/C20H26F2N4O/c1-4-18-16(19(5-2)25(3)24-18)11-23-20(27)26(15-8-9-15)12-13-6-7-14(21)10-17(13)22/h6-7,10,15H,4-5,8-9,11-12H2,1-3H3,(H,23,27). The van der Waals surface area contributed by atoms with Crippen molar-refractivity contribution in [1.29, 1.82) is 0 Å². The number of urea groups is 1. The molecule has 1 N–H and O–H groups in total. The molecule has 3 rings (SSSR count). The van der Waals surface area contributed by atoms with E-state index in [1.165, 1.54) is 12.1 Å². The molecule has 1 aromatic carbocycles. The van der Waals surface area contributed by atoms with Crippen LogP contribution in [0.4, 0.5) is 13.6 Å². The molecule has 0 radical (unpaired) electrons. The van der Waals surface area contributed by atoms with Crippen molar-refractivity contribution in [3.05, 3.63) is 52.3 Å². The average Bonchev–Trinajstić information content (AvgIpc) is 3.42. The number of benzene rings is 1. The molecule has 2 amide bonds. The number of carbonyl (C=O) groups is 1. The highest BCUT2D eigenvalue weighted by atomic mass is 19.1. The largest absolute Gasteiger partial charge is 0.334 e. The summed E-state index contributed by atoms with van der Waals surface area (Å²) in [6.45, 7) is 4.64. The summed E-state index contributed by atoms with van der Waals surface area (Å²) in [5, 5.41) is 7.50. The van der Waals surface area contributed by atoms with E-state index < -0.39 is 11.6 Å². The Bertz CT molecular complexity index is 830. The van der Waals surface area contributed by atoms with Gasteiger partial charge in [-0.05, 0) is 31.7 Å². The molecule has 5 nitrogen and oxygen atoms in total. The lowest BCUT2D eigenvalue weighted by molar-refractivity contribution is 0.190. The fourth-order valence-corrected chi connectivity index (χ4v) is 3.45. The van der Waals surface area contributed by atoms with Crippen LogP contribution in [0, 0.1) is 11.6 Å². The molecule has 146 valence electrons. The van der Waals surface area contributed by atoms with E-state index in [0.717, 1.165) is 48.7 Å². The summed E-state index contributed by atoms with van der Waals surface area (Å²) in [7, 11) is 1.91. The van der Waals surface area contributed by atoms with E-state index in [0.29, 0.717) is 12.1 Å². The number of amides is 2. The van der Waals surface area contributed by atoms with E-state index in [1.54, 1.807) is 4.90 Å². The molecule has 1 aliphatic rings. The Morgan fingerprint density at radius 2 is 2.04 bits per heavy atom. The number of aromatic nitrogens is 2. The van der Waals surface area contributed by atoms with Gasteiger partial charge in [-0.1, -0.05) is 19.9 Å². The van der Waals surface area contributed by atoms with E-state index >= 15 is 0 Å². The van der Waals surface area contributed by atoms with Crippen LogP contribution in [0.1, 0.15) is 49.2 Å².